The van der Waals surface area contributed by atoms with Gasteiger partial charge in [-0.1, -0.05) is 6.92 Å². The van der Waals surface area contributed by atoms with Crippen molar-refractivity contribution < 1.29 is 23.4 Å². The molecule has 1 aromatic carbocycles. The van der Waals surface area contributed by atoms with Crippen LogP contribution >= 0.6 is 0 Å². The Balaban J connectivity index is 1.32. The average molecular weight is 433 g/mol. The monoisotopic (exact) mass is 432 g/mol. The highest BCUT2D eigenvalue weighted by Gasteiger charge is 2.61. The van der Waals surface area contributed by atoms with Crippen molar-refractivity contribution in [3.63, 3.8) is 0 Å². The Hall–Kier alpha value is -1.33. The molecule has 4 aliphatic carbocycles. The number of fused-ring (bicyclic) bond motifs is 5. The highest BCUT2D eigenvalue weighted by Crippen LogP contribution is 2.66. The van der Waals surface area contributed by atoms with E-state index >= 15 is 0 Å². The molecule has 3 nitrogen and oxygen atoms in total. The van der Waals surface area contributed by atoms with Gasteiger partial charge in [0.05, 0.1) is 19.3 Å². The summed E-state index contributed by atoms with van der Waals surface area (Å²) in [5.41, 5.74) is 0.489. The molecular formula is C26H34F2O3. The Labute approximate surface area is 183 Å². The molecule has 0 unspecified atom stereocenters. The zero-order valence-corrected chi connectivity index (χ0v) is 18.4. The molecule has 4 aliphatic rings. The number of Topliss-reactive ketones (excluding diaryl/α,β-unsaturated/α-hetero) is 1. The number of carbonyl (C=O) groups is 1. The Morgan fingerprint density at radius 1 is 1.03 bits per heavy atom. The van der Waals surface area contributed by atoms with Crippen molar-refractivity contribution >= 4 is 5.78 Å². The van der Waals surface area contributed by atoms with E-state index < -0.39 is 11.6 Å². The molecule has 31 heavy (non-hydrogen) atoms. The largest absolute Gasteiger partial charge is 0.392 e. The summed E-state index contributed by atoms with van der Waals surface area (Å²) in [5.74, 6) is 1.41. The van der Waals surface area contributed by atoms with E-state index in [-0.39, 0.29) is 23.5 Å². The smallest absolute Gasteiger partial charge is 0.133 e. The molecule has 0 heterocycles. The first-order valence-corrected chi connectivity index (χ1v) is 12.0. The molecule has 0 saturated heterocycles. The lowest BCUT2D eigenvalue weighted by atomic mass is 9.45. The van der Waals surface area contributed by atoms with Gasteiger partial charge in [-0.15, -0.1) is 0 Å². The number of aliphatic hydroxyl groups is 1. The second kappa shape index (κ2) is 7.91. The van der Waals surface area contributed by atoms with Crippen molar-refractivity contribution in [2.24, 2.45) is 34.5 Å². The highest BCUT2D eigenvalue weighted by atomic mass is 19.1. The Bertz CT molecular complexity index is 837. The minimum absolute atomic E-state index is 0.159. The minimum atomic E-state index is -0.591. The lowest BCUT2D eigenvalue weighted by Crippen LogP contribution is -2.56. The molecule has 0 aromatic heterocycles. The number of benzene rings is 1. The zero-order valence-electron chi connectivity index (χ0n) is 18.4. The quantitative estimate of drug-likeness (QED) is 0.690. The van der Waals surface area contributed by atoms with Gasteiger partial charge in [-0.25, -0.2) is 8.78 Å². The van der Waals surface area contributed by atoms with E-state index in [4.69, 9.17) is 4.74 Å². The highest BCUT2D eigenvalue weighted by molar-refractivity contribution is 5.79. The van der Waals surface area contributed by atoms with Crippen LogP contribution in [-0.2, 0) is 16.1 Å². The van der Waals surface area contributed by atoms with Gasteiger partial charge < -0.3 is 9.84 Å². The molecule has 5 rings (SSSR count). The van der Waals surface area contributed by atoms with Crippen molar-refractivity contribution in [1.82, 2.24) is 0 Å². The first kappa shape index (κ1) is 21.5. The molecule has 7 atom stereocenters. The molecule has 0 amide bonds. The van der Waals surface area contributed by atoms with Crippen LogP contribution in [0.4, 0.5) is 8.78 Å². The lowest BCUT2D eigenvalue weighted by Gasteiger charge is -2.60. The van der Waals surface area contributed by atoms with E-state index in [9.17, 15) is 18.7 Å². The number of ether oxygens (including phenoxy) is 1. The van der Waals surface area contributed by atoms with Crippen LogP contribution < -0.4 is 0 Å². The maximum atomic E-state index is 13.5. The van der Waals surface area contributed by atoms with Crippen LogP contribution in [0.15, 0.2) is 18.2 Å². The van der Waals surface area contributed by atoms with E-state index in [1.54, 1.807) is 0 Å². The van der Waals surface area contributed by atoms with Crippen molar-refractivity contribution in [3.05, 3.63) is 35.4 Å². The molecule has 0 spiro atoms. The number of ketones is 1. The molecule has 0 radical (unpaired) electrons. The number of aliphatic hydroxyl groups excluding tert-OH is 1. The Morgan fingerprint density at radius 2 is 1.81 bits per heavy atom. The van der Waals surface area contributed by atoms with E-state index in [0.29, 0.717) is 41.6 Å². The summed E-state index contributed by atoms with van der Waals surface area (Å²) in [5, 5.41) is 11.0. The van der Waals surface area contributed by atoms with Crippen molar-refractivity contribution in [1.29, 1.82) is 0 Å². The van der Waals surface area contributed by atoms with Crippen LogP contribution in [0, 0.1) is 46.1 Å². The summed E-state index contributed by atoms with van der Waals surface area (Å²) in [4.78, 5) is 12.1. The molecule has 4 fully saturated rings. The Morgan fingerprint density at radius 3 is 2.58 bits per heavy atom. The summed E-state index contributed by atoms with van der Waals surface area (Å²) >= 11 is 0. The van der Waals surface area contributed by atoms with Gasteiger partial charge in [-0.2, -0.15) is 0 Å². The van der Waals surface area contributed by atoms with Crippen molar-refractivity contribution in [2.75, 3.05) is 6.61 Å². The SMILES string of the molecule is C[C@]12CCC(=O)C[C@@H]1CC[C@@H]1[C@@H]2CC[C@]2(COCc3cc(F)cc(F)c3)[C@@H](O)CC[C@@H]12. The number of hydrogen-bond donors (Lipinski definition) is 1. The fourth-order valence-electron chi connectivity index (χ4n) is 8.16. The van der Waals surface area contributed by atoms with Crippen molar-refractivity contribution in [3.8, 4) is 0 Å². The predicted octanol–water partition coefficient (Wildman–Crippen LogP) is 5.43. The fourth-order valence-corrected chi connectivity index (χ4v) is 8.16. The summed E-state index contributed by atoms with van der Waals surface area (Å²) < 4.78 is 33.1. The second-order valence-electron chi connectivity index (χ2n) is 11.0. The van der Waals surface area contributed by atoms with E-state index in [0.717, 1.165) is 63.9 Å². The first-order valence-electron chi connectivity index (χ1n) is 12.0. The van der Waals surface area contributed by atoms with Crippen LogP contribution in [0.2, 0.25) is 0 Å². The number of hydrogen-bond acceptors (Lipinski definition) is 3. The molecule has 0 bridgehead atoms. The lowest BCUT2D eigenvalue weighted by molar-refractivity contribution is -0.155. The van der Waals surface area contributed by atoms with Crippen LogP contribution in [0.3, 0.4) is 0 Å². The van der Waals surface area contributed by atoms with Crippen LogP contribution in [-0.4, -0.2) is 23.6 Å². The summed E-state index contributed by atoms with van der Waals surface area (Å²) in [7, 11) is 0. The molecule has 170 valence electrons. The van der Waals surface area contributed by atoms with Gasteiger partial charge in [-0.05, 0) is 91.7 Å². The molecular weight excluding hydrogens is 398 g/mol. The predicted molar refractivity (Wildman–Crippen MR) is 113 cm³/mol. The summed E-state index contributed by atoms with van der Waals surface area (Å²) in [6, 6.07) is 3.50. The average Bonchev–Trinajstić information content (AvgIpc) is 3.05. The molecule has 5 heteroatoms. The number of carbonyl (C=O) groups excluding carboxylic acids is 1. The topological polar surface area (TPSA) is 46.5 Å². The van der Waals surface area contributed by atoms with Gasteiger partial charge in [0.15, 0.2) is 0 Å². The molecule has 1 N–H and O–H groups in total. The zero-order chi connectivity index (χ0) is 21.8. The normalized spacial score (nSPS) is 42.1. The van der Waals surface area contributed by atoms with Gasteiger partial charge in [0.1, 0.15) is 17.4 Å². The maximum absolute atomic E-state index is 13.5. The van der Waals surface area contributed by atoms with Gasteiger partial charge in [-0.3, -0.25) is 4.79 Å². The summed E-state index contributed by atoms with van der Waals surface area (Å²) in [6.07, 6.45) is 8.24. The van der Waals surface area contributed by atoms with Gasteiger partial charge >= 0.3 is 0 Å². The van der Waals surface area contributed by atoms with E-state index in [1.165, 1.54) is 12.1 Å². The maximum Gasteiger partial charge on any atom is 0.133 e. The number of halogens is 2. The third-order valence-corrected chi connectivity index (χ3v) is 9.71. The van der Waals surface area contributed by atoms with Gasteiger partial charge in [0.25, 0.3) is 0 Å². The molecule has 1 aromatic rings. The van der Waals surface area contributed by atoms with E-state index in [1.807, 2.05) is 0 Å². The van der Waals surface area contributed by atoms with Crippen LogP contribution in [0.1, 0.15) is 70.3 Å². The molecule has 4 saturated carbocycles. The third-order valence-electron chi connectivity index (χ3n) is 9.71. The third kappa shape index (κ3) is 3.56. The van der Waals surface area contributed by atoms with Crippen molar-refractivity contribution in [2.45, 2.75) is 77.4 Å². The molecule has 0 aliphatic heterocycles. The minimum Gasteiger partial charge on any atom is -0.392 e. The van der Waals surface area contributed by atoms with Crippen LogP contribution in [0.25, 0.3) is 0 Å². The van der Waals surface area contributed by atoms with Gasteiger partial charge in [0.2, 0.25) is 0 Å². The number of rotatable bonds is 4. The first-order chi connectivity index (χ1) is 14.8. The van der Waals surface area contributed by atoms with E-state index in [2.05, 4.69) is 6.92 Å². The summed E-state index contributed by atoms with van der Waals surface area (Å²) in [6.45, 7) is 3.03. The Kier molecular flexibility index (Phi) is 5.49. The fraction of sp³-hybridized carbons (Fsp3) is 0.731. The van der Waals surface area contributed by atoms with Gasteiger partial charge in [0, 0.05) is 24.3 Å². The second-order valence-corrected chi connectivity index (χ2v) is 11.0. The van der Waals surface area contributed by atoms with Crippen LogP contribution in [0.5, 0.6) is 0 Å². The standard InChI is InChI=1S/C26H34F2O3/c1-25-8-6-20(29)12-17(25)2-3-21-22(25)7-9-26(23(21)4-5-24(26)30)15-31-14-16-10-18(27)13-19(28)11-16/h10-11,13,17,21-24,30H,2-9,12,14-15H2,1H3/t17-,21+,22-,23-,24-,25-,26+/m0/s1.